The predicted octanol–water partition coefficient (Wildman–Crippen LogP) is -1.27. The lowest BCUT2D eigenvalue weighted by Gasteiger charge is -2.37. The lowest BCUT2D eigenvalue weighted by Crippen LogP contribution is -2.63. The van der Waals surface area contributed by atoms with E-state index in [9.17, 15) is 63.6 Å². The summed E-state index contributed by atoms with van der Waals surface area (Å²) in [4.78, 5) is 232. The number of nitrogens with zero attached hydrogens (tertiary/aromatic N) is 6. The molecule has 41 heteroatoms. The molecule has 0 bridgehead atoms. The molecule has 0 radical (unpaired) electrons. The number of piperazine rings is 1. The number of urea groups is 1. The first-order valence-corrected chi connectivity index (χ1v) is 42.6. The monoisotopic (exact) mass is 1770 g/mol. The molecule has 3 fully saturated rings. The Balaban J connectivity index is 1.15. The van der Waals surface area contributed by atoms with Crippen LogP contribution in [0.5, 0.6) is 5.75 Å². The number of halogens is 1. The van der Waals surface area contributed by atoms with Crippen LogP contribution in [-0.2, 0) is 107 Å². The second kappa shape index (κ2) is 45.3. The molecular weight excluding hydrogens is 1660 g/mol. The van der Waals surface area contributed by atoms with E-state index < -0.39 is 205 Å². The number of phenols is 1. The number of carbonyl (C=O) groups is 16. The van der Waals surface area contributed by atoms with Crippen LogP contribution < -0.4 is 70.8 Å². The topological polar surface area (TPSA) is 589 Å². The third-order valence-electron chi connectivity index (χ3n) is 22.6. The van der Waals surface area contributed by atoms with Crippen molar-refractivity contribution in [3.8, 4) is 5.75 Å². The van der Waals surface area contributed by atoms with Gasteiger partial charge >= 0.3 is 18.0 Å². The van der Waals surface area contributed by atoms with E-state index in [0.29, 0.717) is 75.9 Å². The molecule has 4 aromatic carbocycles. The fourth-order valence-electron chi connectivity index (χ4n) is 15.7. The van der Waals surface area contributed by atoms with Gasteiger partial charge in [-0.05, 0) is 136 Å². The second-order valence-corrected chi connectivity index (χ2v) is 33.2. The fourth-order valence-corrected chi connectivity index (χ4v) is 16.8. The highest BCUT2D eigenvalue weighted by Gasteiger charge is 2.43. The number of unbranched alkanes of at least 4 members (excludes halogenated alkanes) is 1. The first-order valence-electron chi connectivity index (χ1n) is 41.1. The lowest BCUT2D eigenvalue weighted by atomic mass is 9.79. The van der Waals surface area contributed by atoms with E-state index in [1.54, 1.807) is 83.0 Å². The Morgan fingerprint density at radius 1 is 0.560 bits per heavy atom. The molecule has 2 aromatic heterocycles. The van der Waals surface area contributed by atoms with Gasteiger partial charge in [0.1, 0.15) is 60.3 Å². The van der Waals surface area contributed by atoms with Gasteiger partial charge in [-0.15, -0.1) is 11.8 Å². The summed E-state index contributed by atoms with van der Waals surface area (Å²) >= 11 is 7.56. The number of aryl methyl sites for hydroxylation is 2. The lowest BCUT2D eigenvalue weighted by molar-refractivity contribution is -0.145. The molecule has 39 nitrogen and oxygen atoms in total. The molecule has 11 atom stereocenters. The minimum Gasteiger partial charge on any atom is -0.508 e. The smallest absolute Gasteiger partial charge is 0.317 e. The molecule has 2 saturated heterocycles. The Labute approximate surface area is 729 Å². The van der Waals surface area contributed by atoms with Gasteiger partial charge in [-0.25, -0.2) is 4.79 Å². The largest absolute Gasteiger partial charge is 0.508 e. The number of likely N-dealkylation sites (N-methyl/N-ethyl adjacent to an activating group) is 2. The number of carboxylic acid groups (broad SMARTS) is 2. The molecule has 125 heavy (non-hydrogen) atoms. The summed E-state index contributed by atoms with van der Waals surface area (Å²) in [6, 6.07) is 6.43. The number of carboxylic acids is 2. The summed E-state index contributed by atoms with van der Waals surface area (Å²) in [5.74, 6) is -17.5. The van der Waals surface area contributed by atoms with Gasteiger partial charge in [-0.2, -0.15) is 0 Å². The number of primary amides is 4. The number of nitrogens with two attached hydrogens (primary N) is 4. The number of amides is 15. The molecular formula is C84H110ClN19O20S. The van der Waals surface area contributed by atoms with Gasteiger partial charge in [-0.3, -0.25) is 81.7 Å². The third-order valence-corrected chi connectivity index (χ3v) is 23.9. The fraction of sp³-hybridized carbons (Fsp3) is 0.476. The minimum absolute atomic E-state index is 0.0186. The maximum atomic E-state index is 15.8. The molecule has 3 aliphatic rings. The molecule has 674 valence electrons. The van der Waals surface area contributed by atoms with Crippen LogP contribution in [0.4, 0.5) is 4.79 Å². The number of hydrogen-bond acceptors (Lipinski definition) is 21. The number of carbonyl (C=O) groups excluding carboxylic acids is 14. The average molecular weight is 1770 g/mol. The zero-order valence-corrected chi connectivity index (χ0v) is 71.4. The van der Waals surface area contributed by atoms with E-state index in [1.807, 2.05) is 6.07 Å². The maximum absolute atomic E-state index is 15.8. The number of phenolic OH excluding ortho intramolecular Hbond substituents is 1. The number of thioether (sulfide) groups is 1. The van der Waals surface area contributed by atoms with Gasteiger partial charge in [0.15, 0.2) is 0 Å². The maximum Gasteiger partial charge on any atom is 0.317 e. The highest BCUT2D eigenvalue weighted by atomic mass is 35.5. The summed E-state index contributed by atoms with van der Waals surface area (Å²) in [6.45, 7) is 0.821. The van der Waals surface area contributed by atoms with Crippen LogP contribution in [0.1, 0.15) is 110 Å². The summed E-state index contributed by atoms with van der Waals surface area (Å²) in [7, 11) is 5.84. The van der Waals surface area contributed by atoms with Crippen LogP contribution in [-0.4, -0.2) is 275 Å². The number of para-hydroxylation sites is 2. The normalized spacial score (nSPS) is 22.9. The van der Waals surface area contributed by atoms with E-state index in [1.165, 1.54) is 54.4 Å². The van der Waals surface area contributed by atoms with Crippen molar-refractivity contribution in [2.45, 2.75) is 169 Å². The molecule has 2 unspecified atom stereocenters. The highest BCUT2D eigenvalue weighted by molar-refractivity contribution is 8.00. The molecule has 4 heterocycles. The number of fused-ring (bicyclic) bond motifs is 2. The van der Waals surface area contributed by atoms with Gasteiger partial charge in [0.2, 0.25) is 76.8 Å². The molecule has 2 aliphatic heterocycles. The van der Waals surface area contributed by atoms with Crippen LogP contribution >= 0.6 is 23.4 Å². The number of rotatable bonds is 27. The Hall–Kier alpha value is -12.4. The molecule has 1 aliphatic carbocycles. The van der Waals surface area contributed by atoms with Crippen LogP contribution in [0, 0.1) is 5.92 Å². The van der Waals surface area contributed by atoms with E-state index >= 15 is 33.6 Å². The molecule has 6 aromatic rings. The number of aromatic hydroxyl groups is 1. The van der Waals surface area contributed by atoms with Crippen molar-refractivity contribution in [3.63, 3.8) is 0 Å². The minimum atomic E-state index is -1.92. The number of hydrogen-bond donors (Lipinski definition) is 17. The van der Waals surface area contributed by atoms with Gasteiger partial charge in [0, 0.05) is 120 Å². The van der Waals surface area contributed by atoms with E-state index in [2.05, 4.69) is 47.9 Å². The summed E-state index contributed by atoms with van der Waals surface area (Å²) in [6.07, 6.45) is -2.06. The van der Waals surface area contributed by atoms with Crippen molar-refractivity contribution < 1.29 is 97.1 Å². The summed E-state index contributed by atoms with van der Waals surface area (Å²) in [5.41, 5.74) is 25.9. The van der Waals surface area contributed by atoms with Gasteiger partial charge in [-0.1, -0.05) is 72.6 Å². The zero-order chi connectivity index (χ0) is 91.0. The van der Waals surface area contributed by atoms with Gasteiger partial charge in [0.25, 0.3) is 0 Å². The number of aliphatic carboxylic acids is 2. The summed E-state index contributed by atoms with van der Waals surface area (Å²) in [5, 5.41) is 68.9. The molecule has 21 N–H and O–H groups in total. The molecule has 1 saturated carbocycles. The van der Waals surface area contributed by atoms with Gasteiger partial charge < -0.3 is 110 Å². The van der Waals surface area contributed by atoms with Crippen LogP contribution in [0.3, 0.4) is 0 Å². The third kappa shape index (κ3) is 27.3. The van der Waals surface area contributed by atoms with Crippen molar-refractivity contribution in [1.29, 1.82) is 0 Å². The first kappa shape index (κ1) is 96.4. The van der Waals surface area contributed by atoms with Crippen molar-refractivity contribution >= 4 is 140 Å². The number of nitrogens with one attached hydrogen (secondary N) is 9. The van der Waals surface area contributed by atoms with Crippen molar-refractivity contribution in [3.05, 3.63) is 136 Å². The highest BCUT2D eigenvalue weighted by Crippen LogP contribution is 2.32. The Morgan fingerprint density at radius 3 is 1.80 bits per heavy atom. The standard InChI is InChI=1S/C84H110ClN19O20S/c1-99-41-50(53-20-5-6-25-63(53)99)38-58-77(117)97-62(74(89)114)44-125-45-68(108)91-61(36-46-14-9-18-49(34-46)73(88)113)83(123)102(4)65(37-47-15-10-19-52(105)35-47)80(120)96-60(40-67(87)107)78(118)98-71(48-16-11-17-48)81(121)93-57(24-13-26-66(86)106)82(122)101(3)64(27-28-69(109)110)79(119)95-59(39-51-42-100(2)72-54(51)21-12-22-55(72)85)76(116)92-56(75(115)94-58)23-7-8-29-90-84(124)104-32-30-103(31-33-104)43-70(111)112/h5-6,9-10,12,14-15,18-22,25,34-35,41-42,48,56-62,64-65,71,83,105,123H,7-8,11,13,16-17,23-24,26-33,36-40,43-45H2,1-4H3,(H2,86,106)(H2,87,107)(H2,88,113)(H2,89,114)(H,90,124)(H,91,108)(H,92,116)(H,93,121)(H,94,115)(H,95,119)(H,96,120)(H,97,117)(H,98,118)(H,109,110)(H,111,112)/t56-,57-,58-,59-,60-,61+,62?,64-,65-,71-,83?/m0/s1. The zero-order valence-electron chi connectivity index (χ0n) is 69.8. The quantitative estimate of drug-likeness (QED) is 0.0267. The molecule has 15 amide bonds. The van der Waals surface area contributed by atoms with Crippen LogP contribution in [0.25, 0.3) is 21.8 Å². The van der Waals surface area contributed by atoms with E-state index in [0.717, 1.165) is 28.6 Å². The van der Waals surface area contributed by atoms with E-state index in [-0.39, 0.29) is 101 Å². The Bertz CT molecular complexity index is 4980. The summed E-state index contributed by atoms with van der Waals surface area (Å²) < 4.78 is 3.44. The number of aliphatic hydroxyl groups excluding tert-OH is 1. The Morgan fingerprint density at radius 2 is 1.15 bits per heavy atom. The van der Waals surface area contributed by atoms with Crippen LogP contribution in [0.2, 0.25) is 5.02 Å². The molecule has 9 rings (SSSR count). The van der Waals surface area contributed by atoms with Crippen molar-refractivity contribution in [1.82, 2.24) is 76.6 Å². The Kier molecular flexibility index (Phi) is 34.9. The number of aromatic nitrogens is 2. The van der Waals surface area contributed by atoms with Crippen molar-refractivity contribution in [2.24, 2.45) is 42.9 Å². The number of aliphatic hydroxyl groups is 1. The van der Waals surface area contributed by atoms with Gasteiger partial charge in [0.05, 0.1) is 41.3 Å². The van der Waals surface area contributed by atoms with Crippen molar-refractivity contribution in [2.75, 3.05) is 64.9 Å². The second-order valence-electron chi connectivity index (χ2n) is 31.8. The van der Waals surface area contributed by atoms with E-state index in [4.69, 9.17) is 34.5 Å². The first-order chi connectivity index (χ1) is 59.4. The SMILES string of the molecule is CN1C(=O)[C@H](CCCC(N)=O)NC(=O)[C@H](C2CCC2)NC(=O)[C@H](CC(N)=O)NC(=O)[C@H](Cc2cccc(O)c2)N(C)C(O)[C@@H](Cc2cccc(C(N)=O)c2)NC(=O)CSCC(C(N)=O)NC(=O)[C@H](Cc2cn(C)c3ccccc23)NC(=O)[C@H](CCCCNC(=O)N2CCN(CC(=O)O)CC2)NC(=O)[C@H](Cc2cn(C)c3c(Cl)cccc23)NC(=O)[C@@H]1CCC(=O)O. The molecule has 0 spiro atoms. The number of benzene rings is 4. The van der Waals surface area contributed by atoms with Crippen LogP contribution in [0.15, 0.2) is 103 Å². The predicted molar refractivity (Wildman–Crippen MR) is 459 cm³/mol. The average Bonchev–Trinajstić information content (AvgIpc) is 1.63.